The number of carbonyl (C=O) groups is 1. The minimum absolute atomic E-state index is 0.148. The van der Waals surface area contributed by atoms with Crippen molar-refractivity contribution in [2.45, 2.75) is 20.3 Å². The van der Waals surface area contributed by atoms with Gasteiger partial charge in [-0.05, 0) is 25.5 Å². The van der Waals surface area contributed by atoms with Gasteiger partial charge >= 0.3 is 5.97 Å². The highest BCUT2D eigenvalue weighted by Crippen LogP contribution is 2.20. The lowest BCUT2D eigenvalue weighted by molar-refractivity contribution is 0.0521. The Bertz CT molecular complexity index is 570. The Morgan fingerprint density at radius 3 is 2.52 bits per heavy atom. The van der Waals surface area contributed by atoms with Gasteiger partial charge in [0, 0.05) is 5.92 Å². The Labute approximate surface area is 125 Å². The summed E-state index contributed by atoms with van der Waals surface area (Å²) in [5, 5.41) is 5.04. The van der Waals surface area contributed by atoms with Crippen LogP contribution in [0.3, 0.4) is 0 Å². The van der Waals surface area contributed by atoms with E-state index in [1.807, 2.05) is 6.92 Å². The normalized spacial score (nSPS) is 12.7. The van der Waals surface area contributed by atoms with Crippen LogP contribution in [0.4, 0.5) is 0 Å². The first-order valence-corrected chi connectivity index (χ1v) is 8.48. The maximum Gasteiger partial charge on any atom is 0.341 e. The quantitative estimate of drug-likeness (QED) is 0.734. The maximum atomic E-state index is 11.8. The first-order valence-electron chi connectivity index (χ1n) is 6.76. The summed E-state index contributed by atoms with van der Waals surface area (Å²) in [4.78, 5) is 11.8. The Morgan fingerprint density at radius 2 is 1.95 bits per heavy atom. The lowest BCUT2D eigenvalue weighted by Gasteiger charge is -2.16. The molecule has 1 rings (SSSR count). The molecule has 2 N–H and O–H groups in total. The molecule has 0 radical (unpaired) electrons. The lowest BCUT2D eigenvalue weighted by atomic mass is 10.1. The molecule has 118 valence electrons. The van der Waals surface area contributed by atoms with Crippen LogP contribution in [0, 0.1) is 5.92 Å². The van der Waals surface area contributed by atoms with E-state index in [2.05, 4.69) is 0 Å². The Morgan fingerprint density at radius 1 is 1.29 bits per heavy atom. The van der Waals surface area contributed by atoms with E-state index < -0.39 is 16.0 Å². The second kappa shape index (κ2) is 7.99. The molecule has 7 heteroatoms. The van der Waals surface area contributed by atoms with E-state index in [0.29, 0.717) is 17.7 Å². The number of hydrogen-bond acceptors (Lipinski definition) is 5. The topological polar surface area (TPSA) is 95.7 Å². The van der Waals surface area contributed by atoms with Crippen LogP contribution >= 0.6 is 0 Å². The summed E-state index contributed by atoms with van der Waals surface area (Å²) in [6.45, 7) is 4.02. The maximum absolute atomic E-state index is 11.8. The summed E-state index contributed by atoms with van der Waals surface area (Å²) in [6.07, 6.45) is 0.609. The van der Waals surface area contributed by atoms with E-state index >= 15 is 0 Å². The fraction of sp³-hybridized carbons (Fsp3) is 0.500. The van der Waals surface area contributed by atoms with Gasteiger partial charge in [-0.25, -0.2) is 18.4 Å². The molecule has 0 aliphatic rings. The molecule has 0 aliphatic carbocycles. The summed E-state index contributed by atoms with van der Waals surface area (Å²) >= 11 is 0. The average molecular weight is 315 g/mol. The lowest BCUT2D eigenvalue weighted by Crippen LogP contribution is -2.26. The molecule has 0 aliphatic heterocycles. The SMILES string of the molecule is CCOC(=O)c1ccccc1OCC(CC)CS(N)(=O)=O. The van der Waals surface area contributed by atoms with Crippen molar-refractivity contribution >= 4 is 16.0 Å². The molecular formula is C14H21NO5S. The number of ether oxygens (including phenoxy) is 2. The predicted molar refractivity (Wildman–Crippen MR) is 79.6 cm³/mol. The third kappa shape index (κ3) is 6.14. The monoisotopic (exact) mass is 315 g/mol. The molecule has 1 atom stereocenters. The van der Waals surface area contributed by atoms with Crippen LogP contribution in [0.25, 0.3) is 0 Å². The minimum Gasteiger partial charge on any atom is -0.492 e. The smallest absolute Gasteiger partial charge is 0.341 e. The third-order valence-electron chi connectivity index (χ3n) is 2.90. The summed E-state index contributed by atoms with van der Waals surface area (Å²) in [7, 11) is -3.55. The van der Waals surface area contributed by atoms with E-state index in [4.69, 9.17) is 14.6 Å². The van der Waals surface area contributed by atoms with Crippen LogP contribution in [0.15, 0.2) is 24.3 Å². The fourth-order valence-electron chi connectivity index (χ4n) is 1.79. The van der Waals surface area contributed by atoms with Gasteiger partial charge in [0.2, 0.25) is 10.0 Å². The standard InChI is InChI=1S/C14H21NO5S/c1-3-11(10-21(15,17)18)9-20-13-8-6-5-7-12(13)14(16)19-4-2/h5-8,11H,3-4,9-10H2,1-2H3,(H2,15,17,18). The number of carbonyl (C=O) groups excluding carboxylic acids is 1. The molecule has 6 nitrogen and oxygen atoms in total. The Kier molecular flexibility index (Phi) is 6.64. The van der Waals surface area contributed by atoms with Crippen LogP contribution in [-0.4, -0.2) is 33.4 Å². The summed E-state index contributed by atoms with van der Waals surface area (Å²) < 4.78 is 32.8. The molecule has 1 unspecified atom stereocenters. The number of hydrogen-bond donors (Lipinski definition) is 1. The molecule has 0 saturated heterocycles. The Hall–Kier alpha value is -1.60. The van der Waals surface area contributed by atoms with Crippen LogP contribution in [0.1, 0.15) is 30.6 Å². The number of benzene rings is 1. The van der Waals surface area contributed by atoms with Crippen LogP contribution in [-0.2, 0) is 14.8 Å². The fourth-order valence-corrected chi connectivity index (χ4v) is 2.78. The first-order chi connectivity index (χ1) is 9.87. The van der Waals surface area contributed by atoms with Crippen molar-refractivity contribution in [2.24, 2.45) is 11.1 Å². The zero-order valence-corrected chi connectivity index (χ0v) is 13.1. The molecule has 1 aromatic rings. The molecule has 0 bridgehead atoms. The number of rotatable bonds is 8. The van der Waals surface area contributed by atoms with Gasteiger partial charge in [0.05, 0.1) is 19.0 Å². The molecule has 0 fully saturated rings. The molecule has 0 amide bonds. The minimum atomic E-state index is -3.55. The molecular weight excluding hydrogens is 294 g/mol. The van der Waals surface area contributed by atoms with Crippen LogP contribution in [0.2, 0.25) is 0 Å². The van der Waals surface area contributed by atoms with Crippen molar-refractivity contribution in [3.8, 4) is 5.75 Å². The average Bonchev–Trinajstić information content (AvgIpc) is 2.42. The number of esters is 1. The number of sulfonamides is 1. The third-order valence-corrected chi connectivity index (χ3v) is 3.84. The largest absolute Gasteiger partial charge is 0.492 e. The number of nitrogens with two attached hydrogens (primary N) is 1. The van der Waals surface area contributed by atoms with E-state index in [0.717, 1.165) is 0 Å². The summed E-state index contributed by atoms with van der Waals surface area (Å²) in [5.41, 5.74) is 0.324. The summed E-state index contributed by atoms with van der Waals surface area (Å²) in [5.74, 6) is -0.461. The summed E-state index contributed by atoms with van der Waals surface area (Å²) in [6, 6.07) is 6.70. The van der Waals surface area contributed by atoms with Gasteiger partial charge in [-0.2, -0.15) is 0 Å². The molecule has 0 aromatic heterocycles. The molecule has 1 aromatic carbocycles. The molecule has 0 spiro atoms. The highest BCUT2D eigenvalue weighted by molar-refractivity contribution is 7.89. The van der Waals surface area contributed by atoms with Gasteiger partial charge < -0.3 is 9.47 Å². The van der Waals surface area contributed by atoms with Gasteiger partial charge in [-0.3, -0.25) is 0 Å². The Balaban J connectivity index is 2.76. The predicted octanol–water partition coefficient (Wildman–Crippen LogP) is 1.56. The van der Waals surface area contributed by atoms with Gasteiger partial charge in [0.15, 0.2) is 0 Å². The van der Waals surface area contributed by atoms with Crippen molar-refractivity contribution in [3.05, 3.63) is 29.8 Å². The van der Waals surface area contributed by atoms with Gasteiger partial charge in [0.25, 0.3) is 0 Å². The van der Waals surface area contributed by atoms with Crippen molar-refractivity contribution in [1.29, 1.82) is 0 Å². The van der Waals surface area contributed by atoms with Crippen molar-refractivity contribution in [2.75, 3.05) is 19.0 Å². The number of primary sulfonamides is 1. The van der Waals surface area contributed by atoms with Crippen molar-refractivity contribution in [1.82, 2.24) is 0 Å². The van der Waals surface area contributed by atoms with E-state index in [1.165, 1.54) is 0 Å². The second-order valence-electron chi connectivity index (χ2n) is 4.63. The van der Waals surface area contributed by atoms with Gasteiger partial charge in [0.1, 0.15) is 11.3 Å². The zero-order valence-electron chi connectivity index (χ0n) is 12.2. The van der Waals surface area contributed by atoms with E-state index in [1.54, 1.807) is 31.2 Å². The van der Waals surface area contributed by atoms with Gasteiger partial charge in [-0.1, -0.05) is 19.1 Å². The highest BCUT2D eigenvalue weighted by Gasteiger charge is 2.17. The van der Waals surface area contributed by atoms with Crippen molar-refractivity contribution < 1.29 is 22.7 Å². The highest BCUT2D eigenvalue weighted by atomic mass is 32.2. The van der Waals surface area contributed by atoms with E-state index in [9.17, 15) is 13.2 Å². The zero-order chi connectivity index (χ0) is 15.9. The van der Waals surface area contributed by atoms with Crippen LogP contribution in [0.5, 0.6) is 5.75 Å². The molecule has 21 heavy (non-hydrogen) atoms. The molecule has 0 saturated carbocycles. The van der Waals surface area contributed by atoms with Gasteiger partial charge in [-0.15, -0.1) is 0 Å². The molecule has 0 heterocycles. The second-order valence-corrected chi connectivity index (χ2v) is 6.29. The first kappa shape index (κ1) is 17.5. The van der Waals surface area contributed by atoms with Crippen LogP contribution < -0.4 is 9.88 Å². The number of para-hydroxylation sites is 1. The van der Waals surface area contributed by atoms with E-state index in [-0.39, 0.29) is 24.9 Å². The van der Waals surface area contributed by atoms with Crippen molar-refractivity contribution in [3.63, 3.8) is 0 Å².